The molecule has 4 rings (SSSR count). The summed E-state index contributed by atoms with van der Waals surface area (Å²) in [5.74, 6) is 2.67. The Kier molecular flexibility index (Phi) is 8.53. The molecule has 1 fully saturated rings. The highest BCUT2D eigenvalue weighted by Gasteiger charge is 2.22. The van der Waals surface area contributed by atoms with Gasteiger partial charge in [-0.25, -0.2) is 4.98 Å². The standard InChI is InChI=1S/C21H24F2N4O4.HI/c1-24-21(26-9-14-4-5-19(25-8-14)28-11-13-2-3-13)27-10-15-6-17-18(30-12-29-17)7-16(15)31-20(22)23;/h4-8,13,20H,2-3,9-12H2,1H3,(H2,24,26,27);1H. The first-order valence-electron chi connectivity index (χ1n) is 10.0. The van der Waals surface area contributed by atoms with Crippen molar-refractivity contribution in [3.8, 4) is 23.1 Å². The van der Waals surface area contributed by atoms with Crippen molar-refractivity contribution in [1.82, 2.24) is 15.6 Å². The topological polar surface area (TPSA) is 86.2 Å². The Bertz CT molecular complexity index is 927. The van der Waals surface area contributed by atoms with Gasteiger partial charge in [0, 0.05) is 44.0 Å². The van der Waals surface area contributed by atoms with Crippen LogP contribution >= 0.6 is 24.0 Å². The maximum Gasteiger partial charge on any atom is 0.387 e. The van der Waals surface area contributed by atoms with E-state index >= 15 is 0 Å². The molecule has 0 radical (unpaired) electrons. The zero-order chi connectivity index (χ0) is 21.6. The second-order valence-corrected chi connectivity index (χ2v) is 7.23. The first-order chi connectivity index (χ1) is 15.1. The van der Waals surface area contributed by atoms with Crippen LogP contribution in [0.25, 0.3) is 0 Å². The third-order valence-electron chi connectivity index (χ3n) is 4.86. The number of benzene rings is 1. The fourth-order valence-corrected chi connectivity index (χ4v) is 2.98. The smallest absolute Gasteiger partial charge is 0.387 e. The number of hydrogen-bond acceptors (Lipinski definition) is 6. The fourth-order valence-electron chi connectivity index (χ4n) is 2.98. The molecule has 0 saturated heterocycles. The molecule has 2 N–H and O–H groups in total. The third kappa shape index (κ3) is 6.71. The van der Waals surface area contributed by atoms with Crippen molar-refractivity contribution in [3.63, 3.8) is 0 Å². The van der Waals surface area contributed by atoms with Gasteiger partial charge in [-0.2, -0.15) is 8.78 Å². The largest absolute Gasteiger partial charge is 0.477 e. The van der Waals surface area contributed by atoms with E-state index < -0.39 is 6.61 Å². The van der Waals surface area contributed by atoms with Crippen LogP contribution in [0.2, 0.25) is 0 Å². The summed E-state index contributed by atoms with van der Waals surface area (Å²) in [7, 11) is 1.62. The van der Waals surface area contributed by atoms with Gasteiger partial charge in [0.25, 0.3) is 0 Å². The average Bonchev–Trinajstić information content (AvgIpc) is 3.49. The molecule has 0 bridgehead atoms. The molecular formula is C21H25F2IN4O4. The average molecular weight is 562 g/mol. The summed E-state index contributed by atoms with van der Waals surface area (Å²) in [4.78, 5) is 8.47. The number of aliphatic imine (C=N–C) groups is 1. The van der Waals surface area contributed by atoms with Crippen LogP contribution in [-0.2, 0) is 13.1 Å². The summed E-state index contributed by atoms with van der Waals surface area (Å²) in [6.45, 7) is -1.50. The van der Waals surface area contributed by atoms with E-state index in [2.05, 4.69) is 25.3 Å². The maximum atomic E-state index is 12.8. The van der Waals surface area contributed by atoms with E-state index in [1.165, 1.54) is 18.9 Å². The fraction of sp³-hybridized carbons (Fsp3) is 0.429. The lowest BCUT2D eigenvalue weighted by Crippen LogP contribution is -2.36. The van der Waals surface area contributed by atoms with Crippen LogP contribution in [0.1, 0.15) is 24.0 Å². The monoisotopic (exact) mass is 562 g/mol. The van der Waals surface area contributed by atoms with Gasteiger partial charge in [-0.05, 0) is 30.4 Å². The van der Waals surface area contributed by atoms with Gasteiger partial charge in [0.2, 0.25) is 12.7 Å². The normalized spacial score (nSPS) is 14.7. The number of guanidine groups is 1. The van der Waals surface area contributed by atoms with E-state index in [4.69, 9.17) is 14.2 Å². The Morgan fingerprint density at radius 2 is 1.94 bits per heavy atom. The predicted molar refractivity (Wildman–Crippen MR) is 124 cm³/mol. The molecule has 1 aromatic heterocycles. The first-order valence-corrected chi connectivity index (χ1v) is 10.0. The van der Waals surface area contributed by atoms with Crippen LogP contribution in [0.4, 0.5) is 8.78 Å². The van der Waals surface area contributed by atoms with E-state index in [1.807, 2.05) is 12.1 Å². The molecule has 11 heteroatoms. The predicted octanol–water partition coefficient (Wildman–Crippen LogP) is 3.68. The Morgan fingerprint density at radius 1 is 1.19 bits per heavy atom. The van der Waals surface area contributed by atoms with Crippen LogP contribution in [0.3, 0.4) is 0 Å². The van der Waals surface area contributed by atoms with E-state index in [0.29, 0.717) is 41.4 Å². The van der Waals surface area contributed by atoms with Gasteiger partial charge < -0.3 is 29.6 Å². The second kappa shape index (κ2) is 11.3. The molecule has 32 heavy (non-hydrogen) atoms. The van der Waals surface area contributed by atoms with Crippen molar-refractivity contribution < 1.29 is 27.7 Å². The van der Waals surface area contributed by atoms with Crippen molar-refractivity contribution in [2.24, 2.45) is 10.9 Å². The van der Waals surface area contributed by atoms with Gasteiger partial charge in [0.05, 0.1) is 6.61 Å². The number of aromatic nitrogens is 1. The molecule has 2 aromatic rings. The Labute approximate surface area is 201 Å². The molecule has 1 aliphatic heterocycles. The van der Waals surface area contributed by atoms with Crippen molar-refractivity contribution in [1.29, 1.82) is 0 Å². The summed E-state index contributed by atoms with van der Waals surface area (Å²) in [5.41, 5.74) is 1.44. The highest BCUT2D eigenvalue weighted by Crippen LogP contribution is 2.38. The lowest BCUT2D eigenvalue weighted by molar-refractivity contribution is -0.0505. The summed E-state index contributed by atoms with van der Waals surface area (Å²) < 4.78 is 46.4. The van der Waals surface area contributed by atoms with Gasteiger partial charge in [0.1, 0.15) is 5.75 Å². The summed E-state index contributed by atoms with van der Waals surface area (Å²) in [6.07, 6.45) is 4.21. The Balaban J connectivity index is 0.00000289. The summed E-state index contributed by atoms with van der Waals surface area (Å²) in [6, 6.07) is 6.79. The molecular weight excluding hydrogens is 537 g/mol. The Hall–Kier alpha value is -2.57. The molecule has 1 aromatic carbocycles. The third-order valence-corrected chi connectivity index (χ3v) is 4.86. The van der Waals surface area contributed by atoms with Crippen molar-refractivity contribution >= 4 is 29.9 Å². The molecule has 8 nitrogen and oxygen atoms in total. The highest BCUT2D eigenvalue weighted by molar-refractivity contribution is 14.0. The number of rotatable bonds is 9. The molecule has 1 aliphatic carbocycles. The number of hydrogen-bond donors (Lipinski definition) is 2. The minimum atomic E-state index is -2.94. The number of nitrogens with one attached hydrogen (secondary N) is 2. The van der Waals surface area contributed by atoms with Crippen LogP contribution in [-0.4, -0.2) is 38.0 Å². The molecule has 174 valence electrons. The van der Waals surface area contributed by atoms with Crippen LogP contribution in [0.15, 0.2) is 35.5 Å². The van der Waals surface area contributed by atoms with Crippen molar-refractivity contribution in [3.05, 3.63) is 41.6 Å². The van der Waals surface area contributed by atoms with Gasteiger partial charge in [-0.15, -0.1) is 24.0 Å². The van der Waals surface area contributed by atoms with Crippen molar-refractivity contribution in [2.45, 2.75) is 32.5 Å². The number of nitrogens with zero attached hydrogens (tertiary/aromatic N) is 2. The Morgan fingerprint density at radius 3 is 2.59 bits per heavy atom. The quantitative estimate of drug-likeness (QED) is 0.274. The second-order valence-electron chi connectivity index (χ2n) is 7.23. The van der Waals surface area contributed by atoms with Gasteiger partial charge in [-0.1, -0.05) is 6.07 Å². The molecule has 2 aliphatic rings. The van der Waals surface area contributed by atoms with Crippen molar-refractivity contribution in [2.75, 3.05) is 20.4 Å². The molecule has 0 unspecified atom stereocenters. The number of ether oxygens (including phenoxy) is 4. The molecule has 0 atom stereocenters. The zero-order valence-electron chi connectivity index (χ0n) is 17.5. The van der Waals surface area contributed by atoms with Gasteiger partial charge in [-0.3, -0.25) is 4.99 Å². The summed E-state index contributed by atoms with van der Waals surface area (Å²) in [5, 5.41) is 6.25. The van der Waals surface area contributed by atoms with E-state index in [1.54, 1.807) is 19.3 Å². The maximum absolute atomic E-state index is 12.8. The molecule has 0 spiro atoms. The lowest BCUT2D eigenvalue weighted by Gasteiger charge is -2.15. The highest BCUT2D eigenvalue weighted by atomic mass is 127. The van der Waals surface area contributed by atoms with E-state index in [-0.39, 0.29) is 43.1 Å². The molecule has 1 saturated carbocycles. The SMILES string of the molecule is CN=C(NCc1ccc(OCC2CC2)nc1)NCc1cc2c(cc1OC(F)F)OCO2.I. The van der Waals surface area contributed by atoms with Crippen LogP contribution < -0.4 is 29.6 Å². The molecule has 0 amide bonds. The summed E-state index contributed by atoms with van der Waals surface area (Å²) >= 11 is 0. The van der Waals surface area contributed by atoms with E-state index in [0.717, 1.165) is 12.2 Å². The molecule has 2 heterocycles. The van der Waals surface area contributed by atoms with Gasteiger partial charge in [0.15, 0.2) is 17.5 Å². The van der Waals surface area contributed by atoms with E-state index in [9.17, 15) is 8.78 Å². The first kappa shape index (κ1) is 24.1. The number of fused-ring (bicyclic) bond motifs is 1. The number of pyridine rings is 1. The number of alkyl halides is 2. The van der Waals surface area contributed by atoms with Gasteiger partial charge >= 0.3 is 6.61 Å². The van der Waals surface area contributed by atoms with Crippen LogP contribution in [0, 0.1) is 5.92 Å². The zero-order valence-corrected chi connectivity index (χ0v) is 19.8. The minimum absolute atomic E-state index is 0. The van der Waals surface area contributed by atoms with Crippen LogP contribution in [0.5, 0.6) is 23.1 Å². The minimum Gasteiger partial charge on any atom is -0.477 e. The lowest BCUT2D eigenvalue weighted by atomic mass is 10.1. The number of halogens is 3.